The molecule has 0 radical (unpaired) electrons. The van der Waals surface area contributed by atoms with E-state index in [0.717, 1.165) is 41.0 Å². The van der Waals surface area contributed by atoms with Crippen LogP contribution in [0.5, 0.6) is 0 Å². The van der Waals surface area contributed by atoms with Gasteiger partial charge in [-0.1, -0.05) is 11.6 Å². The molecule has 2 heterocycles. The van der Waals surface area contributed by atoms with E-state index in [1.54, 1.807) is 12.1 Å². The molecule has 1 N–H and O–H groups in total. The highest BCUT2D eigenvalue weighted by Crippen LogP contribution is 2.39. The van der Waals surface area contributed by atoms with Gasteiger partial charge in [0.15, 0.2) is 5.15 Å². The van der Waals surface area contributed by atoms with E-state index in [-0.39, 0.29) is 5.82 Å². The maximum absolute atomic E-state index is 13.0. The minimum Gasteiger partial charge on any atom is -0.351 e. The van der Waals surface area contributed by atoms with Gasteiger partial charge in [-0.25, -0.2) is 14.4 Å². The predicted octanol–water partition coefficient (Wildman–Crippen LogP) is 4.29. The van der Waals surface area contributed by atoms with E-state index in [0.29, 0.717) is 11.1 Å². The first kappa shape index (κ1) is 11.9. The summed E-state index contributed by atoms with van der Waals surface area (Å²) in [6.45, 7) is 0. The molecule has 0 saturated heterocycles. The van der Waals surface area contributed by atoms with Crippen LogP contribution >= 0.6 is 11.6 Å². The Morgan fingerprint density at radius 2 is 1.90 bits per heavy atom. The van der Waals surface area contributed by atoms with Crippen molar-refractivity contribution >= 4 is 22.6 Å². The number of hydrogen-bond acceptors (Lipinski definition) is 2. The average molecular weight is 288 g/mol. The molecule has 0 unspecified atom stereocenters. The molecule has 0 spiro atoms. The topological polar surface area (TPSA) is 41.6 Å². The number of nitrogens with one attached hydrogen (secondary N) is 1. The minimum absolute atomic E-state index is 0.251. The third kappa shape index (κ3) is 1.96. The Balaban J connectivity index is 1.85. The second kappa shape index (κ2) is 4.28. The lowest BCUT2D eigenvalue weighted by molar-refractivity contribution is 0.628. The van der Waals surface area contributed by atoms with E-state index in [2.05, 4.69) is 15.0 Å². The third-order valence-electron chi connectivity index (χ3n) is 3.55. The van der Waals surface area contributed by atoms with Gasteiger partial charge in [0.1, 0.15) is 17.2 Å². The second-order valence-electron chi connectivity index (χ2n) is 5.10. The summed E-state index contributed by atoms with van der Waals surface area (Å²) >= 11 is 6.22. The van der Waals surface area contributed by atoms with Crippen molar-refractivity contribution in [2.45, 2.75) is 18.8 Å². The molecule has 0 bridgehead atoms. The summed E-state index contributed by atoms with van der Waals surface area (Å²) < 4.78 is 13.0. The summed E-state index contributed by atoms with van der Waals surface area (Å²) in [5, 5.41) is 0.449. The highest BCUT2D eigenvalue weighted by Gasteiger charge is 2.27. The van der Waals surface area contributed by atoms with Crippen LogP contribution in [0.15, 0.2) is 30.3 Å². The minimum atomic E-state index is -0.251. The molecular weight excluding hydrogens is 277 g/mol. The van der Waals surface area contributed by atoms with Crippen molar-refractivity contribution in [3.8, 4) is 11.3 Å². The molecular formula is C15H11ClFN3. The molecule has 1 aliphatic rings. The Morgan fingerprint density at radius 1 is 1.15 bits per heavy atom. The third-order valence-corrected chi connectivity index (χ3v) is 3.82. The van der Waals surface area contributed by atoms with Crippen LogP contribution in [0, 0.1) is 5.82 Å². The van der Waals surface area contributed by atoms with E-state index in [9.17, 15) is 4.39 Å². The lowest BCUT2D eigenvalue weighted by Crippen LogP contribution is -1.92. The molecule has 1 fully saturated rings. The molecule has 100 valence electrons. The van der Waals surface area contributed by atoms with Crippen LogP contribution in [0.25, 0.3) is 22.3 Å². The van der Waals surface area contributed by atoms with Gasteiger partial charge in [0.25, 0.3) is 0 Å². The number of rotatable bonds is 2. The maximum Gasteiger partial charge on any atom is 0.156 e. The van der Waals surface area contributed by atoms with Gasteiger partial charge in [-0.2, -0.15) is 0 Å². The van der Waals surface area contributed by atoms with Gasteiger partial charge >= 0.3 is 0 Å². The number of hydrogen-bond donors (Lipinski definition) is 1. The molecule has 0 aliphatic heterocycles. The number of aromatic nitrogens is 3. The summed E-state index contributed by atoms with van der Waals surface area (Å²) in [4.78, 5) is 12.1. The van der Waals surface area contributed by atoms with Gasteiger partial charge in [-0.3, -0.25) is 0 Å². The van der Waals surface area contributed by atoms with E-state index in [1.807, 2.05) is 6.07 Å². The first-order chi connectivity index (χ1) is 9.70. The maximum atomic E-state index is 13.0. The lowest BCUT2D eigenvalue weighted by Gasteiger charge is -1.98. The molecule has 1 saturated carbocycles. The largest absolute Gasteiger partial charge is 0.351 e. The number of halogens is 2. The van der Waals surface area contributed by atoms with Gasteiger partial charge in [-0.05, 0) is 48.7 Å². The zero-order valence-electron chi connectivity index (χ0n) is 10.5. The molecule has 3 aromatic rings. The smallest absolute Gasteiger partial charge is 0.156 e. The molecule has 5 heteroatoms. The Morgan fingerprint density at radius 3 is 2.60 bits per heavy atom. The number of aromatic amines is 1. The first-order valence-electron chi connectivity index (χ1n) is 6.53. The number of nitrogens with zero attached hydrogens (tertiary/aromatic N) is 2. The SMILES string of the molecule is Fc1ccc(-c2cc3nc(C4CC4)nc(Cl)c3[nH]2)cc1. The highest BCUT2D eigenvalue weighted by molar-refractivity contribution is 6.33. The number of benzene rings is 1. The first-order valence-corrected chi connectivity index (χ1v) is 6.90. The van der Waals surface area contributed by atoms with Crippen LogP contribution in [-0.2, 0) is 0 Å². The average Bonchev–Trinajstić information content (AvgIpc) is 3.19. The quantitative estimate of drug-likeness (QED) is 0.714. The fraction of sp³-hybridized carbons (Fsp3) is 0.200. The molecule has 1 aliphatic carbocycles. The normalized spacial score (nSPS) is 14.9. The summed E-state index contributed by atoms with van der Waals surface area (Å²) in [6.07, 6.45) is 2.27. The summed E-state index contributed by atoms with van der Waals surface area (Å²) in [5.74, 6) is 1.03. The van der Waals surface area contributed by atoms with Crippen molar-refractivity contribution < 1.29 is 4.39 Å². The van der Waals surface area contributed by atoms with Crippen molar-refractivity contribution in [3.63, 3.8) is 0 Å². The van der Waals surface area contributed by atoms with Crippen molar-refractivity contribution in [2.24, 2.45) is 0 Å². The fourth-order valence-corrected chi connectivity index (χ4v) is 2.53. The Bertz CT molecular complexity index is 791. The number of fused-ring (bicyclic) bond motifs is 1. The summed E-state index contributed by atoms with van der Waals surface area (Å²) in [5.41, 5.74) is 3.30. The van der Waals surface area contributed by atoms with Gasteiger partial charge in [-0.15, -0.1) is 0 Å². The van der Waals surface area contributed by atoms with Crippen LogP contribution < -0.4 is 0 Å². The standard InChI is InChI=1S/C15H11ClFN3/c16-14-13-12(19-15(20-14)9-1-2-9)7-11(18-13)8-3-5-10(17)6-4-8/h3-7,9,18H,1-2H2. The Hall–Kier alpha value is -1.94. The van der Waals surface area contributed by atoms with Crippen LogP contribution in [-0.4, -0.2) is 15.0 Å². The van der Waals surface area contributed by atoms with Gasteiger partial charge < -0.3 is 4.98 Å². The molecule has 0 amide bonds. The van der Waals surface area contributed by atoms with Gasteiger partial charge in [0.2, 0.25) is 0 Å². The van der Waals surface area contributed by atoms with Crippen LogP contribution in [0.3, 0.4) is 0 Å². The molecule has 3 nitrogen and oxygen atoms in total. The zero-order chi connectivity index (χ0) is 13.7. The molecule has 4 rings (SSSR count). The van der Waals surface area contributed by atoms with Crippen LogP contribution in [0.2, 0.25) is 5.15 Å². The van der Waals surface area contributed by atoms with E-state index in [1.165, 1.54) is 12.1 Å². The lowest BCUT2D eigenvalue weighted by atomic mass is 10.1. The van der Waals surface area contributed by atoms with E-state index < -0.39 is 0 Å². The molecule has 20 heavy (non-hydrogen) atoms. The predicted molar refractivity (Wildman–Crippen MR) is 76.3 cm³/mol. The van der Waals surface area contributed by atoms with Crippen LogP contribution in [0.1, 0.15) is 24.6 Å². The molecule has 0 atom stereocenters. The van der Waals surface area contributed by atoms with Crippen molar-refractivity contribution in [1.29, 1.82) is 0 Å². The van der Waals surface area contributed by atoms with Gasteiger partial charge in [0, 0.05) is 11.6 Å². The fourth-order valence-electron chi connectivity index (χ4n) is 2.30. The Kier molecular flexibility index (Phi) is 2.54. The zero-order valence-corrected chi connectivity index (χ0v) is 11.3. The van der Waals surface area contributed by atoms with Crippen LogP contribution in [0.4, 0.5) is 4.39 Å². The summed E-state index contributed by atoms with van der Waals surface area (Å²) in [6, 6.07) is 8.25. The van der Waals surface area contributed by atoms with E-state index in [4.69, 9.17) is 11.6 Å². The Labute approximate surface area is 119 Å². The van der Waals surface area contributed by atoms with E-state index >= 15 is 0 Å². The van der Waals surface area contributed by atoms with Crippen molar-refractivity contribution in [3.05, 3.63) is 47.1 Å². The van der Waals surface area contributed by atoms with Crippen molar-refractivity contribution in [1.82, 2.24) is 15.0 Å². The molecule has 2 aromatic heterocycles. The van der Waals surface area contributed by atoms with Crippen molar-refractivity contribution in [2.75, 3.05) is 0 Å². The highest BCUT2D eigenvalue weighted by atomic mass is 35.5. The summed E-state index contributed by atoms with van der Waals surface area (Å²) in [7, 11) is 0. The number of H-pyrrole nitrogens is 1. The molecule has 1 aromatic carbocycles. The van der Waals surface area contributed by atoms with Gasteiger partial charge in [0.05, 0.1) is 5.52 Å². The monoisotopic (exact) mass is 287 g/mol. The second-order valence-corrected chi connectivity index (χ2v) is 5.46.